The molecule has 0 amide bonds. The first kappa shape index (κ1) is 13.3. The molecule has 0 aromatic rings. The molecule has 0 aromatic carbocycles. The Hall–Kier alpha value is -0.120. The summed E-state index contributed by atoms with van der Waals surface area (Å²) < 4.78 is 0. The Labute approximate surface area is 107 Å². The maximum Gasteiger partial charge on any atom is 0.0220 e. The normalized spacial score (nSPS) is 31.2. The standard InChI is InChI=1S/C14H29N3/c1-13-6-5-7-15-14(13)12-16(2)10-11-17-8-3-4-9-17/h13-15H,3-12H2,1-2H3. The first-order chi connectivity index (χ1) is 8.25. The lowest BCUT2D eigenvalue weighted by Gasteiger charge is -2.33. The Bertz CT molecular complexity index is 214. The maximum atomic E-state index is 3.67. The topological polar surface area (TPSA) is 18.5 Å². The number of piperidine rings is 1. The van der Waals surface area contributed by atoms with E-state index in [1.807, 2.05) is 0 Å². The zero-order valence-electron chi connectivity index (χ0n) is 11.6. The third-order valence-electron chi connectivity index (χ3n) is 4.43. The minimum absolute atomic E-state index is 0.715. The monoisotopic (exact) mass is 239 g/mol. The van der Waals surface area contributed by atoms with Gasteiger partial charge in [-0.25, -0.2) is 0 Å². The molecule has 2 saturated heterocycles. The first-order valence-corrected chi connectivity index (χ1v) is 7.40. The number of nitrogens with zero attached hydrogens (tertiary/aromatic N) is 2. The van der Waals surface area contributed by atoms with Crippen LogP contribution < -0.4 is 5.32 Å². The molecule has 3 nitrogen and oxygen atoms in total. The van der Waals surface area contributed by atoms with E-state index in [4.69, 9.17) is 0 Å². The van der Waals surface area contributed by atoms with Crippen molar-refractivity contribution in [1.82, 2.24) is 15.1 Å². The number of likely N-dealkylation sites (tertiary alicyclic amines) is 1. The van der Waals surface area contributed by atoms with Crippen LogP contribution in [0.4, 0.5) is 0 Å². The zero-order chi connectivity index (χ0) is 12.1. The number of hydrogen-bond donors (Lipinski definition) is 1. The van der Waals surface area contributed by atoms with Crippen molar-refractivity contribution in [2.24, 2.45) is 5.92 Å². The Balaban J connectivity index is 1.63. The van der Waals surface area contributed by atoms with E-state index >= 15 is 0 Å². The molecule has 3 heteroatoms. The predicted octanol–water partition coefficient (Wildman–Crippen LogP) is 1.40. The summed E-state index contributed by atoms with van der Waals surface area (Å²) >= 11 is 0. The molecular formula is C14H29N3. The van der Waals surface area contributed by atoms with Gasteiger partial charge in [0.1, 0.15) is 0 Å². The number of rotatable bonds is 5. The summed E-state index contributed by atoms with van der Waals surface area (Å²) in [5.74, 6) is 0.845. The molecule has 2 rings (SSSR count). The fourth-order valence-corrected chi connectivity index (χ4v) is 3.10. The van der Waals surface area contributed by atoms with Crippen LogP contribution in [0, 0.1) is 5.92 Å². The summed E-state index contributed by atoms with van der Waals surface area (Å²) in [6.45, 7) is 9.97. The van der Waals surface area contributed by atoms with Gasteiger partial charge in [-0.05, 0) is 58.3 Å². The molecule has 2 aliphatic rings. The lowest BCUT2D eigenvalue weighted by molar-refractivity contribution is 0.197. The van der Waals surface area contributed by atoms with Gasteiger partial charge < -0.3 is 15.1 Å². The molecule has 0 radical (unpaired) electrons. The van der Waals surface area contributed by atoms with Crippen molar-refractivity contribution < 1.29 is 0 Å². The van der Waals surface area contributed by atoms with E-state index in [9.17, 15) is 0 Å². The van der Waals surface area contributed by atoms with Crippen molar-refractivity contribution >= 4 is 0 Å². The molecule has 0 aromatic heterocycles. The summed E-state index contributed by atoms with van der Waals surface area (Å²) in [6, 6.07) is 0.715. The van der Waals surface area contributed by atoms with Crippen molar-refractivity contribution in [3.8, 4) is 0 Å². The van der Waals surface area contributed by atoms with E-state index in [0.29, 0.717) is 6.04 Å². The van der Waals surface area contributed by atoms with Crippen LogP contribution in [0.2, 0.25) is 0 Å². The van der Waals surface area contributed by atoms with Gasteiger partial charge in [0.2, 0.25) is 0 Å². The van der Waals surface area contributed by atoms with E-state index in [-0.39, 0.29) is 0 Å². The van der Waals surface area contributed by atoms with Crippen LogP contribution in [0.1, 0.15) is 32.6 Å². The average Bonchev–Trinajstić information content (AvgIpc) is 2.82. The van der Waals surface area contributed by atoms with Gasteiger partial charge in [-0.3, -0.25) is 0 Å². The molecule has 17 heavy (non-hydrogen) atoms. The fraction of sp³-hybridized carbons (Fsp3) is 1.00. The molecule has 1 N–H and O–H groups in total. The molecule has 2 atom stereocenters. The van der Waals surface area contributed by atoms with E-state index < -0.39 is 0 Å². The molecule has 2 fully saturated rings. The Morgan fingerprint density at radius 2 is 2.00 bits per heavy atom. The molecule has 2 unspecified atom stereocenters. The summed E-state index contributed by atoms with van der Waals surface area (Å²) in [7, 11) is 2.28. The highest BCUT2D eigenvalue weighted by Gasteiger charge is 2.22. The van der Waals surface area contributed by atoms with Crippen molar-refractivity contribution in [2.45, 2.75) is 38.6 Å². The fourth-order valence-electron chi connectivity index (χ4n) is 3.10. The van der Waals surface area contributed by atoms with Crippen molar-refractivity contribution in [2.75, 3.05) is 46.3 Å². The largest absolute Gasteiger partial charge is 0.312 e. The van der Waals surface area contributed by atoms with Gasteiger partial charge in [0.05, 0.1) is 0 Å². The second-order valence-electron chi connectivity index (χ2n) is 5.99. The summed E-state index contributed by atoms with van der Waals surface area (Å²) in [5.41, 5.74) is 0. The van der Waals surface area contributed by atoms with Crippen LogP contribution in [0.3, 0.4) is 0 Å². The van der Waals surface area contributed by atoms with Crippen molar-refractivity contribution in [3.63, 3.8) is 0 Å². The highest BCUT2D eigenvalue weighted by Crippen LogP contribution is 2.16. The zero-order valence-corrected chi connectivity index (χ0v) is 11.6. The van der Waals surface area contributed by atoms with Crippen LogP contribution >= 0.6 is 0 Å². The molecule has 100 valence electrons. The molecule has 2 aliphatic heterocycles. The SMILES string of the molecule is CC1CCCNC1CN(C)CCN1CCCC1. The number of nitrogens with one attached hydrogen (secondary N) is 1. The highest BCUT2D eigenvalue weighted by molar-refractivity contribution is 4.81. The molecular weight excluding hydrogens is 210 g/mol. The smallest absolute Gasteiger partial charge is 0.0220 e. The van der Waals surface area contributed by atoms with E-state index in [1.54, 1.807) is 0 Å². The quantitative estimate of drug-likeness (QED) is 0.782. The second-order valence-corrected chi connectivity index (χ2v) is 5.99. The van der Waals surface area contributed by atoms with Gasteiger partial charge in [-0.2, -0.15) is 0 Å². The van der Waals surface area contributed by atoms with Gasteiger partial charge in [-0.15, -0.1) is 0 Å². The number of hydrogen-bond acceptors (Lipinski definition) is 3. The molecule has 0 bridgehead atoms. The van der Waals surface area contributed by atoms with Crippen LogP contribution in [0.15, 0.2) is 0 Å². The summed E-state index contributed by atoms with van der Waals surface area (Å²) in [4.78, 5) is 5.12. The highest BCUT2D eigenvalue weighted by atomic mass is 15.2. The summed E-state index contributed by atoms with van der Waals surface area (Å²) in [5, 5.41) is 3.67. The summed E-state index contributed by atoms with van der Waals surface area (Å²) in [6.07, 6.45) is 5.57. The Kier molecular flexibility index (Phi) is 5.26. The second kappa shape index (κ2) is 6.72. The lowest BCUT2D eigenvalue weighted by atomic mass is 9.92. The van der Waals surface area contributed by atoms with Crippen LogP contribution in [0.5, 0.6) is 0 Å². The minimum Gasteiger partial charge on any atom is -0.312 e. The minimum atomic E-state index is 0.715. The average molecular weight is 239 g/mol. The Morgan fingerprint density at radius 1 is 1.24 bits per heavy atom. The lowest BCUT2D eigenvalue weighted by Crippen LogP contribution is -2.48. The van der Waals surface area contributed by atoms with Crippen LogP contribution in [-0.2, 0) is 0 Å². The third kappa shape index (κ3) is 4.23. The van der Waals surface area contributed by atoms with Crippen LogP contribution in [0.25, 0.3) is 0 Å². The van der Waals surface area contributed by atoms with Crippen LogP contribution in [-0.4, -0.2) is 62.2 Å². The van der Waals surface area contributed by atoms with Crippen molar-refractivity contribution in [3.05, 3.63) is 0 Å². The van der Waals surface area contributed by atoms with Gasteiger partial charge >= 0.3 is 0 Å². The van der Waals surface area contributed by atoms with Crippen molar-refractivity contribution in [1.29, 1.82) is 0 Å². The molecule has 2 heterocycles. The molecule has 0 saturated carbocycles. The van der Waals surface area contributed by atoms with E-state index in [2.05, 4.69) is 29.1 Å². The Morgan fingerprint density at radius 3 is 2.71 bits per heavy atom. The van der Waals surface area contributed by atoms with Gasteiger partial charge in [-0.1, -0.05) is 6.92 Å². The van der Waals surface area contributed by atoms with E-state index in [1.165, 1.54) is 65.0 Å². The van der Waals surface area contributed by atoms with Gasteiger partial charge in [0.15, 0.2) is 0 Å². The van der Waals surface area contributed by atoms with Gasteiger partial charge in [0.25, 0.3) is 0 Å². The van der Waals surface area contributed by atoms with E-state index in [0.717, 1.165) is 5.92 Å². The third-order valence-corrected chi connectivity index (χ3v) is 4.43. The maximum absolute atomic E-state index is 3.67. The first-order valence-electron chi connectivity index (χ1n) is 7.40. The van der Waals surface area contributed by atoms with Gasteiger partial charge in [0, 0.05) is 25.7 Å². The molecule has 0 spiro atoms. The number of likely N-dealkylation sites (N-methyl/N-ethyl adjacent to an activating group) is 1. The predicted molar refractivity (Wildman–Crippen MR) is 73.4 cm³/mol. The molecule has 0 aliphatic carbocycles.